The number of halogens is 1. The van der Waals surface area contributed by atoms with E-state index >= 15 is 0 Å². The third-order valence-electron chi connectivity index (χ3n) is 5.02. The molecule has 0 saturated carbocycles. The molecular weight excluding hydrogens is 388 g/mol. The number of amides is 1. The Morgan fingerprint density at radius 2 is 2.17 bits per heavy atom. The van der Waals surface area contributed by atoms with Crippen molar-refractivity contribution >= 4 is 44.6 Å². The Labute approximate surface area is 153 Å². The van der Waals surface area contributed by atoms with Crippen molar-refractivity contribution in [3.05, 3.63) is 50.1 Å². The highest BCUT2D eigenvalue weighted by molar-refractivity contribution is 9.10. The standard InChI is InChI=1S/C18H17BrN2O2S/c1-2-14-12-6-8-24-16(12)5-7-20(14)10-21-15-4-3-11(19)9-13(15)17(22)18(21)23/h3-4,6,8-9,14H,2,5,7,10H2,1H3/p+1/t14-/m0/s1. The predicted octanol–water partition coefficient (Wildman–Crippen LogP) is 2.59. The van der Waals surface area contributed by atoms with Crippen LogP contribution in [-0.2, 0) is 11.2 Å². The van der Waals surface area contributed by atoms with Gasteiger partial charge in [0, 0.05) is 27.8 Å². The van der Waals surface area contributed by atoms with E-state index < -0.39 is 11.7 Å². The summed E-state index contributed by atoms with van der Waals surface area (Å²) in [5.74, 6) is -0.798. The highest BCUT2D eigenvalue weighted by atomic mass is 79.9. The lowest BCUT2D eigenvalue weighted by molar-refractivity contribution is -0.932. The molecule has 1 amide bonds. The number of hydrogen-bond donors (Lipinski definition) is 1. The molecule has 4 rings (SSSR count). The lowest BCUT2D eigenvalue weighted by atomic mass is 9.98. The largest absolute Gasteiger partial charge is 0.311 e. The van der Waals surface area contributed by atoms with Crippen LogP contribution in [0.15, 0.2) is 34.1 Å². The van der Waals surface area contributed by atoms with Crippen LogP contribution in [0.2, 0.25) is 0 Å². The summed E-state index contributed by atoms with van der Waals surface area (Å²) in [6.45, 7) is 3.74. The van der Waals surface area contributed by atoms with E-state index in [1.165, 1.54) is 15.3 Å². The minimum Gasteiger partial charge on any atom is -0.311 e. The zero-order valence-electron chi connectivity index (χ0n) is 13.3. The van der Waals surface area contributed by atoms with E-state index in [-0.39, 0.29) is 0 Å². The molecule has 0 aliphatic carbocycles. The first kappa shape index (κ1) is 16.0. The number of fused-ring (bicyclic) bond motifs is 2. The Balaban J connectivity index is 1.64. The van der Waals surface area contributed by atoms with Gasteiger partial charge >= 0.3 is 5.91 Å². The van der Waals surface area contributed by atoms with Crippen molar-refractivity contribution in [2.75, 3.05) is 18.1 Å². The highest BCUT2D eigenvalue weighted by Gasteiger charge is 2.40. The molecule has 0 bridgehead atoms. The quantitative estimate of drug-likeness (QED) is 0.797. The summed E-state index contributed by atoms with van der Waals surface area (Å²) in [6.07, 6.45) is 2.07. The number of quaternary nitrogens is 1. The Bertz CT molecular complexity index is 832. The Kier molecular flexibility index (Phi) is 4.06. The number of thiophene rings is 1. The Morgan fingerprint density at radius 1 is 1.33 bits per heavy atom. The molecular formula is C18H18BrN2O2S+. The minimum atomic E-state index is -0.401. The molecule has 0 radical (unpaired) electrons. The van der Waals surface area contributed by atoms with Crippen LogP contribution in [0.3, 0.4) is 0 Å². The molecule has 4 nitrogen and oxygen atoms in total. The van der Waals surface area contributed by atoms with Crippen molar-refractivity contribution in [3.63, 3.8) is 0 Å². The fourth-order valence-electron chi connectivity index (χ4n) is 3.86. The van der Waals surface area contributed by atoms with Gasteiger partial charge in [-0.15, -0.1) is 11.3 Å². The van der Waals surface area contributed by atoms with Crippen LogP contribution in [0.5, 0.6) is 0 Å². The molecule has 124 valence electrons. The normalized spacial score (nSPS) is 22.7. The van der Waals surface area contributed by atoms with Crippen LogP contribution >= 0.6 is 27.3 Å². The maximum absolute atomic E-state index is 12.5. The molecule has 2 aliphatic heterocycles. The van der Waals surface area contributed by atoms with Gasteiger partial charge in [-0.1, -0.05) is 22.9 Å². The summed E-state index contributed by atoms with van der Waals surface area (Å²) in [6, 6.07) is 8.10. The maximum Gasteiger partial charge on any atom is 0.303 e. The molecule has 1 unspecified atom stereocenters. The second-order valence-corrected chi connectivity index (χ2v) is 8.22. The maximum atomic E-state index is 12.5. The van der Waals surface area contributed by atoms with Crippen LogP contribution in [0.4, 0.5) is 5.69 Å². The Hall–Kier alpha value is -1.50. The molecule has 0 saturated heterocycles. The molecule has 1 aromatic heterocycles. The number of anilines is 1. The van der Waals surface area contributed by atoms with Crippen molar-refractivity contribution in [2.45, 2.75) is 25.8 Å². The molecule has 2 aromatic rings. The van der Waals surface area contributed by atoms with Crippen LogP contribution in [0.1, 0.15) is 40.2 Å². The fraction of sp³-hybridized carbons (Fsp3) is 0.333. The number of Topliss-reactive ketones (excluding diaryl/α,β-unsaturated/α-hetero) is 1. The third kappa shape index (κ3) is 2.44. The lowest BCUT2D eigenvalue weighted by Gasteiger charge is -2.34. The molecule has 6 heteroatoms. The molecule has 2 aliphatic rings. The topological polar surface area (TPSA) is 41.8 Å². The zero-order chi connectivity index (χ0) is 16.8. The van der Waals surface area contributed by atoms with Gasteiger partial charge in [0.2, 0.25) is 0 Å². The van der Waals surface area contributed by atoms with Crippen LogP contribution < -0.4 is 9.80 Å². The number of hydrogen-bond acceptors (Lipinski definition) is 3. The number of carbonyl (C=O) groups is 2. The van der Waals surface area contributed by atoms with Crippen LogP contribution in [0, 0.1) is 0 Å². The molecule has 2 atom stereocenters. The molecule has 0 fully saturated rings. The first-order chi connectivity index (χ1) is 11.6. The number of nitrogens with zero attached hydrogens (tertiary/aromatic N) is 1. The number of benzene rings is 1. The number of rotatable bonds is 3. The summed E-state index contributed by atoms with van der Waals surface area (Å²) in [7, 11) is 0. The van der Waals surface area contributed by atoms with Crippen molar-refractivity contribution in [2.24, 2.45) is 0 Å². The molecule has 0 spiro atoms. The van der Waals surface area contributed by atoms with Gasteiger partial charge in [-0.25, -0.2) is 0 Å². The van der Waals surface area contributed by atoms with E-state index in [9.17, 15) is 9.59 Å². The average Bonchev–Trinajstić information content (AvgIpc) is 3.14. The number of carbonyl (C=O) groups excluding carboxylic acids is 2. The summed E-state index contributed by atoms with van der Waals surface area (Å²) >= 11 is 5.21. The zero-order valence-corrected chi connectivity index (χ0v) is 15.7. The SMILES string of the molecule is CC[C@H]1c2ccsc2CC[NH+]1CN1C(=O)C(=O)c2cc(Br)ccc21. The molecule has 1 N–H and O–H groups in total. The van der Waals surface area contributed by atoms with E-state index in [1.807, 2.05) is 23.5 Å². The highest BCUT2D eigenvalue weighted by Crippen LogP contribution is 2.31. The van der Waals surface area contributed by atoms with E-state index in [2.05, 4.69) is 34.3 Å². The van der Waals surface area contributed by atoms with Crippen LogP contribution in [0.25, 0.3) is 0 Å². The molecule has 3 heterocycles. The fourth-order valence-corrected chi connectivity index (χ4v) is 5.17. The van der Waals surface area contributed by atoms with Crippen molar-refractivity contribution < 1.29 is 14.5 Å². The molecule has 24 heavy (non-hydrogen) atoms. The van der Waals surface area contributed by atoms with E-state index in [0.29, 0.717) is 18.3 Å². The van der Waals surface area contributed by atoms with Gasteiger partial charge in [0.15, 0.2) is 6.67 Å². The minimum absolute atomic E-state index is 0.391. The van der Waals surface area contributed by atoms with Crippen LogP contribution in [-0.4, -0.2) is 24.9 Å². The summed E-state index contributed by atoms with van der Waals surface area (Å²) in [5, 5.41) is 2.16. The second-order valence-electron chi connectivity index (χ2n) is 6.30. The van der Waals surface area contributed by atoms with Gasteiger partial charge < -0.3 is 4.90 Å². The first-order valence-corrected chi connectivity index (χ1v) is 9.84. The summed E-state index contributed by atoms with van der Waals surface area (Å²) < 4.78 is 0.823. The number of nitrogens with one attached hydrogen (secondary N) is 1. The van der Waals surface area contributed by atoms with Gasteiger partial charge in [0.1, 0.15) is 6.04 Å². The van der Waals surface area contributed by atoms with Gasteiger partial charge in [-0.05, 0) is 29.6 Å². The predicted molar refractivity (Wildman–Crippen MR) is 97.7 cm³/mol. The van der Waals surface area contributed by atoms with Gasteiger partial charge in [0.05, 0.1) is 17.8 Å². The summed E-state index contributed by atoms with van der Waals surface area (Å²) in [5.41, 5.74) is 2.67. The number of ketones is 1. The second kappa shape index (κ2) is 6.10. The molecule has 1 aromatic carbocycles. The third-order valence-corrected chi connectivity index (χ3v) is 6.51. The smallest absolute Gasteiger partial charge is 0.303 e. The van der Waals surface area contributed by atoms with Crippen molar-refractivity contribution in [3.8, 4) is 0 Å². The van der Waals surface area contributed by atoms with Crippen molar-refractivity contribution in [1.82, 2.24) is 0 Å². The van der Waals surface area contributed by atoms with E-state index in [1.54, 1.807) is 11.0 Å². The van der Waals surface area contributed by atoms with Gasteiger partial charge in [-0.2, -0.15) is 0 Å². The lowest BCUT2D eigenvalue weighted by Crippen LogP contribution is -3.15. The van der Waals surface area contributed by atoms with Gasteiger partial charge in [0.25, 0.3) is 5.78 Å². The van der Waals surface area contributed by atoms with E-state index in [4.69, 9.17) is 0 Å². The average molecular weight is 406 g/mol. The van der Waals surface area contributed by atoms with Gasteiger partial charge in [-0.3, -0.25) is 14.5 Å². The first-order valence-electron chi connectivity index (χ1n) is 8.16. The monoisotopic (exact) mass is 405 g/mol. The Morgan fingerprint density at radius 3 is 2.96 bits per heavy atom. The van der Waals surface area contributed by atoms with Crippen molar-refractivity contribution in [1.29, 1.82) is 0 Å². The van der Waals surface area contributed by atoms with E-state index in [0.717, 1.165) is 29.5 Å². The summed E-state index contributed by atoms with van der Waals surface area (Å²) in [4.78, 5) is 29.3.